The first-order valence-electron chi connectivity index (χ1n) is 8.71. The number of hydrogen-bond acceptors (Lipinski definition) is 2. The van der Waals surface area contributed by atoms with Crippen molar-refractivity contribution in [2.45, 2.75) is 57.9 Å². The lowest BCUT2D eigenvalue weighted by atomic mass is 9.77. The Balaban J connectivity index is 1.44. The highest BCUT2D eigenvalue weighted by Gasteiger charge is 2.36. The third kappa shape index (κ3) is 3.67. The van der Waals surface area contributed by atoms with Gasteiger partial charge in [-0.25, -0.2) is 0 Å². The van der Waals surface area contributed by atoms with Crippen LogP contribution in [-0.2, 0) is 0 Å². The van der Waals surface area contributed by atoms with E-state index in [-0.39, 0.29) is 6.04 Å². The maximum Gasteiger partial charge on any atom is 0.0307 e. The monoisotopic (exact) mass is 286 g/mol. The number of nitrogens with two attached hydrogens (primary N) is 1. The second kappa shape index (κ2) is 6.50. The largest absolute Gasteiger partial charge is 0.324 e. The van der Waals surface area contributed by atoms with Crippen LogP contribution in [0.15, 0.2) is 24.3 Å². The van der Waals surface area contributed by atoms with Gasteiger partial charge in [0, 0.05) is 6.04 Å². The van der Waals surface area contributed by atoms with Gasteiger partial charge in [-0.05, 0) is 69.6 Å². The molecule has 1 saturated heterocycles. The summed E-state index contributed by atoms with van der Waals surface area (Å²) in [6.07, 6.45) is 9.85. The molecule has 1 atom stereocenters. The van der Waals surface area contributed by atoms with E-state index in [2.05, 4.69) is 36.1 Å². The molecule has 2 fully saturated rings. The van der Waals surface area contributed by atoms with Crippen molar-refractivity contribution in [3.8, 4) is 0 Å². The van der Waals surface area contributed by atoms with E-state index >= 15 is 0 Å². The van der Waals surface area contributed by atoms with Gasteiger partial charge in [0.25, 0.3) is 0 Å². The summed E-state index contributed by atoms with van der Waals surface area (Å²) in [6, 6.07) is 8.89. The molecule has 2 N–H and O–H groups in total. The van der Waals surface area contributed by atoms with Gasteiger partial charge in [0.1, 0.15) is 0 Å². The van der Waals surface area contributed by atoms with E-state index in [4.69, 9.17) is 5.73 Å². The molecule has 0 amide bonds. The van der Waals surface area contributed by atoms with Crippen LogP contribution < -0.4 is 5.73 Å². The summed E-state index contributed by atoms with van der Waals surface area (Å²) in [5, 5.41) is 0. The number of benzene rings is 1. The quantitative estimate of drug-likeness (QED) is 0.905. The fraction of sp³-hybridized carbons (Fsp3) is 0.684. The minimum atomic E-state index is 0.188. The van der Waals surface area contributed by atoms with E-state index in [1.54, 1.807) is 0 Å². The van der Waals surface area contributed by atoms with Crippen molar-refractivity contribution in [2.24, 2.45) is 11.1 Å². The van der Waals surface area contributed by atoms with Gasteiger partial charge in [-0.3, -0.25) is 0 Å². The zero-order valence-corrected chi connectivity index (χ0v) is 13.5. The fourth-order valence-corrected chi connectivity index (χ4v) is 4.18. The van der Waals surface area contributed by atoms with E-state index in [1.807, 2.05) is 0 Å². The standard InChI is InChI=1S/C19H30N2/c1-16-4-6-17(7-5-16)18(20)8-13-21-14-11-19(12-15-21)9-2-3-10-19/h4-7,18H,2-3,8-15,20H2,1H3. The molecule has 2 aliphatic rings. The molecule has 0 aromatic heterocycles. The molecule has 2 heteroatoms. The second-order valence-electron chi connectivity index (χ2n) is 7.35. The SMILES string of the molecule is Cc1ccc(C(N)CCN2CCC3(CCCC3)CC2)cc1. The third-order valence-electron chi connectivity index (χ3n) is 5.84. The normalized spacial score (nSPS) is 23.5. The van der Waals surface area contributed by atoms with Crippen molar-refractivity contribution < 1.29 is 0 Å². The molecule has 1 aromatic rings. The van der Waals surface area contributed by atoms with Crippen molar-refractivity contribution >= 4 is 0 Å². The second-order valence-corrected chi connectivity index (χ2v) is 7.35. The number of rotatable bonds is 4. The van der Waals surface area contributed by atoms with Crippen LogP contribution in [0.5, 0.6) is 0 Å². The van der Waals surface area contributed by atoms with Crippen molar-refractivity contribution in [2.75, 3.05) is 19.6 Å². The molecule has 0 bridgehead atoms. The van der Waals surface area contributed by atoms with E-state index in [0.717, 1.165) is 18.4 Å². The lowest BCUT2D eigenvalue weighted by molar-refractivity contribution is 0.106. The van der Waals surface area contributed by atoms with Crippen molar-refractivity contribution in [1.82, 2.24) is 4.90 Å². The molecule has 1 heterocycles. The van der Waals surface area contributed by atoms with Crippen molar-refractivity contribution in [3.05, 3.63) is 35.4 Å². The maximum absolute atomic E-state index is 6.35. The van der Waals surface area contributed by atoms with Crippen molar-refractivity contribution in [1.29, 1.82) is 0 Å². The minimum Gasteiger partial charge on any atom is -0.324 e. The maximum atomic E-state index is 6.35. The Hall–Kier alpha value is -0.860. The van der Waals surface area contributed by atoms with Gasteiger partial charge in [-0.15, -0.1) is 0 Å². The summed E-state index contributed by atoms with van der Waals surface area (Å²) in [4.78, 5) is 2.64. The summed E-state index contributed by atoms with van der Waals surface area (Å²) in [5.41, 5.74) is 9.67. The fourth-order valence-electron chi connectivity index (χ4n) is 4.18. The number of nitrogens with zero attached hydrogens (tertiary/aromatic N) is 1. The first kappa shape index (κ1) is 15.1. The summed E-state index contributed by atoms with van der Waals surface area (Å²) in [7, 11) is 0. The molecule has 116 valence electrons. The Bertz CT molecular complexity index is 435. The highest BCUT2D eigenvalue weighted by Crippen LogP contribution is 2.46. The number of aryl methyl sites for hydroxylation is 1. The molecule has 2 nitrogen and oxygen atoms in total. The van der Waals surface area contributed by atoms with Gasteiger partial charge in [0.05, 0.1) is 0 Å². The van der Waals surface area contributed by atoms with E-state index in [0.29, 0.717) is 0 Å². The van der Waals surface area contributed by atoms with Crippen LogP contribution >= 0.6 is 0 Å². The third-order valence-corrected chi connectivity index (χ3v) is 5.84. The van der Waals surface area contributed by atoms with E-state index in [9.17, 15) is 0 Å². The zero-order chi connectivity index (χ0) is 14.7. The Kier molecular flexibility index (Phi) is 4.66. The summed E-state index contributed by atoms with van der Waals surface area (Å²) in [6.45, 7) is 5.87. The molecular formula is C19H30N2. The lowest BCUT2D eigenvalue weighted by Crippen LogP contribution is -2.39. The highest BCUT2D eigenvalue weighted by molar-refractivity contribution is 5.23. The number of hydrogen-bond donors (Lipinski definition) is 1. The Morgan fingerprint density at radius 3 is 2.29 bits per heavy atom. The number of likely N-dealkylation sites (tertiary alicyclic amines) is 1. The highest BCUT2D eigenvalue weighted by atomic mass is 15.1. The van der Waals surface area contributed by atoms with E-state index < -0.39 is 0 Å². The predicted molar refractivity (Wildman–Crippen MR) is 89.3 cm³/mol. The topological polar surface area (TPSA) is 29.3 Å². The summed E-state index contributed by atoms with van der Waals surface area (Å²) < 4.78 is 0. The van der Waals surface area contributed by atoms with Gasteiger partial charge in [-0.1, -0.05) is 42.7 Å². The lowest BCUT2D eigenvalue weighted by Gasteiger charge is -2.39. The molecule has 21 heavy (non-hydrogen) atoms. The molecule has 3 rings (SSSR count). The molecular weight excluding hydrogens is 256 g/mol. The van der Waals surface area contributed by atoms with Gasteiger partial charge < -0.3 is 10.6 Å². The molecule has 1 aliphatic carbocycles. The first-order chi connectivity index (χ1) is 10.2. The van der Waals surface area contributed by atoms with Crippen LogP contribution in [-0.4, -0.2) is 24.5 Å². The average Bonchev–Trinajstić information content (AvgIpc) is 2.95. The summed E-state index contributed by atoms with van der Waals surface area (Å²) in [5.74, 6) is 0. The Morgan fingerprint density at radius 2 is 1.67 bits per heavy atom. The zero-order valence-electron chi connectivity index (χ0n) is 13.5. The molecule has 0 radical (unpaired) electrons. The van der Waals surface area contributed by atoms with Crippen molar-refractivity contribution in [3.63, 3.8) is 0 Å². The predicted octanol–water partition coefficient (Wildman–Crippen LogP) is 4.04. The van der Waals surface area contributed by atoms with Crippen LogP contribution in [0, 0.1) is 12.3 Å². The van der Waals surface area contributed by atoms with Crippen LogP contribution in [0.4, 0.5) is 0 Å². The van der Waals surface area contributed by atoms with Crippen LogP contribution in [0.2, 0.25) is 0 Å². The Morgan fingerprint density at radius 1 is 1.05 bits per heavy atom. The van der Waals surface area contributed by atoms with Crippen LogP contribution in [0.25, 0.3) is 0 Å². The molecule has 1 saturated carbocycles. The first-order valence-corrected chi connectivity index (χ1v) is 8.71. The number of piperidine rings is 1. The van der Waals surface area contributed by atoms with Gasteiger partial charge >= 0.3 is 0 Å². The van der Waals surface area contributed by atoms with Gasteiger partial charge in [0.2, 0.25) is 0 Å². The van der Waals surface area contributed by atoms with Gasteiger partial charge in [-0.2, -0.15) is 0 Å². The van der Waals surface area contributed by atoms with Crippen LogP contribution in [0.1, 0.15) is 62.1 Å². The van der Waals surface area contributed by atoms with Crippen LogP contribution in [0.3, 0.4) is 0 Å². The minimum absolute atomic E-state index is 0.188. The van der Waals surface area contributed by atoms with E-state index in [1.165, 1.54) is 62.7 Å². The molecule has 1 spiro atoms. The Labute approximate surface area is 129 Å². The molecule has 1 aromatic carbocycles. The van der Waals surface area contributed by atoms with Gasteiger partial charge in [0.15, 0.2) is 0 Å². The molecule has 1 unspecified atom stereocenters. The smallest absolute Gasteiger partial charge is 0.0307 e. The molecule has 1 aliphatic heterocycles. The average molecular weight is 286 g/mol. The summed E-state index contributed by atoms with van der Waals surface area (Å²) >= 11 is 0.